The number of benzene rings is 1. The maximum atomic E-state index is 12.1. The Kier molecular flexibility index (Phi) is 5.89. The Morgan fingerprint density at radius 2 is 2.17 bits per heavy atom. The third-order valence-electron chi connectivity index (χ3n) is 2.57. The molecule has 102 valence electrons. The zero-order valence-corrected chi connectivity index (χ0v) is 13.3. The highest BCUT2D eigenvalue weighted by Gasteiger charge is 2.24. The summed E-state index contributed by atoms with van der Waals surface area (Å²) in [7, 11) is -3.53. The molecular weight excluding hydrogens is 363 g/mol. The average molecular weight is 376 g/mol. The molecule has 1 unspecified atom stereocenters. The van der Waals surface area contributed by atoms with E-state index in [-0.39, 0.29) is 28.4 Å². The SMILES string of the molecule is Cl.O=S(=O)(NC1CCNC1)c1ccc(Br)cc1Cl. The van der Waals surface area contributed by atoms with Crippen LogP contribution in [0.25, 0.3) is 0 Å². The summed E-state index contributed by atoms with van der Waals surface area (Å²) in [4.78, 5) is 0.120. The van der Waals surface area contributed by atoms with Crippen LogP contribution in [0.5, 0.6) is 0 Å². The molecule has 1 aromatic carbocycles. The quantitative estimate of drug-likeness (QED) is 0.851. The lowest BCUT2D eigenvalue weighted by molar-refractivity contribution is 0.560. The minimum Gasteiger partial charge on any atom is -0.315 e. The van der Waals surface area contributed by atoms with Crippen molar-refractivity contribution in [3.05, 3.63) is 27.7 Å². The molecule has 8 heteroatoms. The molecule has 0 radical (unpaired) electrons. The Morgan fingerprint density at radius 3 is 2.72 bits per heavy atom. The third kappa shape index (κ3) is 3.82. The van der Waals surface area contributed by atoms with Crippen LogP contribution in [0.2, 0.25) is 5.02 Å². The van der Waals surface area contributed by atoms with E-state index >= 15 is 0 Å². The van der Waals surface area contributed by atoms with Crippen LogP contribution in [0, 0.1) is 0 Å². The predicted molar refractivity (Wildman–Crippen MR) is 78.0 cm³/mol. The van der Waals surface area contributed by atoms with Gasteiger partial charge in [-0.15, -0.1) is 12.4 Å². The molecule has 18 heavy (non-hydrogen) atoms. The number of rotatable bonds is 3. The zero-order valence-electron chi connectivity index (χ0n) is 9.32. The first kappa shape index (κ1) is 16.2. The van der Waals surface area contributed by atoms with Gasteiger partial charge < -0.3 is 5.32 Å². The Labute approximate surface area is 126 Å². The van der Waals surface area contributed by atoms with E-state index in [0.717, 1.165) is 17.4 Å². The molecule has 1 aliphatic rings. The number of hydrogen-bond acceptors (Lipinski definition) is 3. The van der Waals surface area contributed by atoms with Crippen molar-refractivity contribution < 1.29 is 8.42 Å². The summed E-state index contributed by atoms with van der Waals surface area (Å²) in [6.07, 6.45) is 0.799. The second-order valence-corrected chi connectivity index (χ2v) is 6.89. The van der Waals surface area contributed by atoms with E-state index in [1.165, 1.54) is 6.07 Å². The van der Waals surface area contributed by atoms with Crippen molar-refractivity contribution in [2.75, 3.05) is 13.1 Å². The number of halogens is 3. The summed E-state index contributed by atoms with van der Waals surface area (Å²) in [5.41, 5.74) is 0. The molecule has 2 rings (SSSR count). The Morgan fingerprint density at radius 1 is 1.44 bits per heavy atom. The maximum absolute atomic E-state index is 12.1. The fourth-order valence-corrected chi connectivity index (χ4v) is 4.04. The Balaban J connectivity index is 0.00000162. The van der Waals surface area contributed by atoms with E-state index in [9.17, 15) is 8.42 Å². The van der Waals surface area contributed by atoms with E-state index in [1.54, 1.807) is 12.1 Å². The standard InChI is InChI=1S/C10H12BrClN2O2S.ClH/c11-7-1-2-10(9(12)5-7)17(15,16)14-8-3-4-13-6-8;/h1-2,5,8,13-14H,3-4,6H2;1H. The van der Waals surface area contributed by atoms with Crippen molar-refractivity contribution in [3.8, 4) is 0 Å². The van der Waals surface area contributed by atoms with Crippen LogP contribution in [0.3, 0.4) is 0 Å². The molecule has 1 aliphatic heterocycles. The molecular formula is C10H13BrCl2N2O2S. The van der Waals surface area contributed by atoms with Crippen LogP contribution >= 0.6 is 39.9 Å². The zero-order chi connectivity index (χ0) is 12.5. The first-order valence-electron chi connectivity index (χ1n) is 5.17. The lowest BCUT2D eigenvalue weighted by atomic mass is 10.3. The fraction of sp³-hybridized carbons (Fsp3) is 0.400. The number of hydrogen-bond donors (Lipinski definition) is 2. The van der Waals surface area contributed by atoms with Crippen LogP contribution in [-0.2, 0) is 10.0 Å². The van der Waals surface area contributed by atoms with Crippen LogP contribution < -0.4 is 10.0 Å². The van der Waals surface area contributed by atoms with Gasteiger partial charge in [0.05, 0.1) is 5.02 Å². The van der Waals surface area contributed by atoms with Gasteiger partial charge in [0.15, 0.2) is 0 Å². The lowest BCUT2D eigenvalue weighted by Gasteiger charge is -2.13. The molecule has 1 saturated heterocycles. The normalized spacial score (nSPS) is 19.6. The van der Waals surface area contributed by atoms with Gasteiger partial charge in [-0.25, -0.2) is 13.1 Å². The van der Waals surface area contributed by atoms with E-state index in [4.69, 9.17) is 11.6 Å². The van der Waals surface area contributed by atoms with Gasteiger partial charge in [-0.2, -0.15) is 0 Å². The molecule has 2 N–H and O–H groups in total. The topological polar surface area (TPSA) is 58.2 Å². The van der Waals surface area contributed by atoms with Gasteiger partial charge in [-0.3, -0.25) is 0 Å². The van der Waals surface area contributed by atoms with Gasteiger partial charge in [-0.1, -0.05) is 27.5 Å². The minimum absolute atomic E-state index is 0. The summed E-state index contributed by atoms with van der Waals surface area (Å²) in [5.74, 6) is 0. The molecule has 1 heterocycles. The average Bonchev–Trinajstić information content (AvgIpc) is 2.68. The Bertz CT molecular complexity index is 519. The fourth-order valence-electron chi connectivity index (χ4n) is 1.73. The summed E-state index contributed by atoms with van der Waals surface area (Å²) in [6.45, 7) is 1.49. The van der Waals surface area contributed by atoms with Gasteiger partial charge in [0.2, 0.25) is 10.0 Å². The van der Waals surface area contributed by atoms with E-state index < -0.39 is 10.0 Å². The first-order valence-corrected chi connectivity index (χ1v) is 7.82. The Hall–Kier alpha value is 0.150. The van der Waals surface area contributed by atoms with Gasteiger partial charge in [0.1, 0.15) is 4.90 Å². The molecule has 0 saturated carbocycles. The van der Waals surface area contributed by atoms with Gasteiger partial charge in [0.25, 0.3) is 0 Å². The highest BCUT2D eigenvalue weighted by molar-refractivity contribution is 9.10. The molecule has 0 spiro atoms. The van der Waals surface area contributed by atoms with Crippen molar-refractivity contribution in [2.24, 2.45) is 0 Å². The van der Waals surface area contributed by atoms with Crippen molar-refractivity contribution in [1.29, 1.82) is 0 Å². The summed E-state index contributed by atoms with van der Waals surface area (Å²) in [5, 5.41) is 3.32. The van der Waals surface area contributed by atoms with Crippen molar-refractivity contribution in [3.63, 3.8) is 0 Å². The van der Waals surface area contributed by atoms with Gasteiger partial charge in [0, 0.05) is 17.1 Å². The predicted octanol–water partition coefficient (Wildman–Crippen LogP) is 2.16. The van der Waals surface area contributed by atoms with Crippen molar-refractivity contribution in [1.82, 2.24) is 10.0 Å². The highest BCUT2D eigenvalue weighted by Crippen LogP contribution is 2.25. The van der Waals surface area contributed by atoms with Crippen LogP contribution in [0.15, 0.2) is 27.6 Å². The second kappa shape index (κ2) is 6.54. The maximum Gasteiger partial charge on any atom is 0.242 e. The van der Waals surface area contributed by atoms with Gasteiger partial charge >= 0.3 is 0 Å². The molecule has 0 aromatic heterocycles. The number of nitrogens with one attached hydrogen (secondary N) is 2. The molecule has 1 fully saturated rings. The number of sulfonamides is 1. The highest BCUT2D eigenvalue weighted by atomic mass is 79.9. The molecule has 0 aliphatic carbocycles. The summed E-state index contributed by atoms with van der Waals surface area (Å²) in [6, 6.07) is 4.67. The van der Waals surface area contributed by atoms with Gasteiger partial charge in [-0.05, 0) is 31.2 Å². The van der Waals surface area contributed by atoms with E-state index in [1.807, 2.05) is 0 Å². The summed E-state index contributed by atoms with van der Waals surface area (Å²) >= 11 is 9.18. The van der Waals surface area contributed by atoms with E-state index in [0.29, 0.717) is 6.54 Å². The molecule has 0 bridgehead atoms. The molecule has 0 amide bonds. The monoisotopic (exact) mass is 374 g/mol. The van der Waals surface area contributed by atoms with E-state index in [2.05, 4.69) is 26.0 Å². The molecule has 4 nitrogen and oxygen atoms in total. The smallest absolute Gasteiger partial charge is 0.242 e. The van der Waals surface area contributed by atoms with Crippen LogP contribution in [0.1, 0.15) is 6.42 Å². The third-order valence-corrected chi connectivity index (χ3v) is 5.06. The second-order valence-electron chi connectivity index (χ2n) is 3.89. The largest absolute Gasteiger partial charge is 0.315 e. The van der Waals surface area contributed by atoms with Crippen molar-refractivity contribution in [2.45, 2.75) is 17.4 Å². The van der Waals surface area contributed by atoms with Crippen LogP contribution in [-0.4, -0.2) is 27.5 Å². The van der Waals surface area contributed by atoms with Crippen molar-refractivity contribution >= 4 is 50.0 Å². The minimum atomic E-state index is -3.53. The van der Waals surface area contributed by atoms with Crippen LogP contribution in [0.4, 0.5) is 0 Å². The molecule has 1 atom stereocenters. The molecule has 1 aromatic rings. The first-order chi connectivity index (χ1) is 7.99. The summed E-state index contributed by atoms with van der Waals surface area (Å²) < 4.78 is 27.6. The lowest BCUT2D eigenvalue weighted by Crippen LogP contribution is -2.36.